The van der Waals surface area contributed by atoms with E-state index in [9.17, 15) is 4.39 Å². The minimum Gasteiger partial charge on any atom is -0.493 e. The Morgan fingerprint density at radius 2 is 2.00 bits per heavy atom. The Hall–Kier alpha value is -2.86. The topological polar surface area (TPSA) is 55.7 Å². The highest BCUT2D eigenvalue weighted by molar-refractivity contribution is 6.31. The molecular formula is C26H28ClFN4O. The third kappa shape index (κ3) is 3.80. The Balaban J connectivity index is 1.56. The van der Waals surface area contributed by atoms with E-state index >= 15 is 0 Å². The van der Waals surface area contributed by atoms with Crippen LogP contribution < -0.4 is 4.74 Å². The summed E-state index contributed by atoms with van der Waals surface area (Å²) in [6.07, 6.45) is 12.0. The van der Waals surface area contributed by atoms with E-state index in [1.807, 2.05) is 25.5 Å². The van der Waals surface area contributed by atoms with Crippen LogP contribution in [0, 0.1) is 12.7 Å². The first-order valence-electron chi connectivity index (χ1n) is 11.5. The molecule has 1 saturated carbocycles. The van der Waals surface area contributed by atoms with Crippen LogP contribution in [-0.2, 0) is 0 Å². The molecule has 4 aromatic rings. The van der Waals surface area contributed by atoms with Crippen molar-refractivity contribution in [1.29, 1.82) is 0 Å². The second-order valence-corrected chi connectivity index (χ2v) is 9.35. The highest BCUT2D eigenvalue weighted by atomic mass is 35.5. The highest BCUT2D eigenvalue weighted by Gasteiger charge is 2.24. The number of H-pyrrole nitrogens is 1. The second kappa shape index (κ2) is 8.82. The highest BCUT2D eigenvalue weighted by Crippen LogP contribution is 2.41. The summed E-state index contributed by atoms with van der Waals surface area (Å²) in [6.45, 7) is 4.14. The Labute approximate surface area is 197 Å². The van der Waals surface area contributed by atoms with Crippen molar-refractivity contribution in [1.82, 2.24) is 19.7 Å². The van der Waals surface area contributed by atoms with Gasteiger partial charge in [-0.2, -0.15) is 5.10 Å². The predicted molar refractivity (Wildman–Crippen MR) is 130 cm³/mol. The van der Waals surface area contributed by atoms with E-state index in [0.717, 1.165) is 27.7 Å². The molecule has 5 nitrogen and oxygen atoms in total. The molecule has 1 aliphatic rings. The van der Waals surface area contributed by atoms with Crippen LogP contribution in [-0.4, -0.2) is 26.9 Å². The van der Waals surface area contributed by atoms with Gasteiger partial charge in [-0.05, 0) is 43.5 Å². The number of nitrogens with zero attached hydrogens (tertiary/aromatic N) is 3. The van der Waals surface area contributed by atoms with Crippen LogP contribution in [0.4, 0.5) is 4.39 Å². The Bertz CT molecular complexity index is 1310. The van der Waals surface area contributed by atoms with Gasteiger partial charge >= 0.3 is 0 Å². The number of aromatic amines is 1. The lowest BCUT2D eigenvalue weighted by Crippen LogP contribution is -2.15. The van der Waals surface area contributed by atoms with Crippen molar-refractivity contribution in [3.63, 3.8) is 0 Å². The number of benzene rings is 1. The summed E-state index contributed by atoms with van der Waals surface area (Å²) in [6, 6.07) is 5.53. The maximum atomic E-state index is 14.4. The van der Waals surface area contributed by atoms with Crippen LogP contribution in [0.1, 0.15) is 67.8 Å². The Morgan fingerprint density at radius 1 is 1.21 bits per heavy atom. The fourth-order valence-corrected chi connectivity index (χ4v) is 5.56. The van der Waals surface area contributed by atoms with Crippen molar-refractivity contribution in [2.24, 2.45) is 0 Å². The monoisotopic (exact) mass is 466 g/mol. The molecular weight excluding hydrogens is 439 g/mol. The molecule has 1 N–H and O–H groups in total. The Kier molecular flexibility index (Phi) is 5.87. The van der Waals surface area contributed by atoms with Crippen molar-refractivity contribution in [3.05, 3.63) is 64.5 Å². The maximum absolute atomic E-state index is 14.4. The SMILES string of the molecule is COc1c(F)ccc(Cl)c1C(C)c1c[nH]c2ncc(-c3cnn(C4CCCCC4)c3C)cc12. The first kappa shape index (κ1) is 22.0. The van der Waals surface area contributed by atoms with Gasteiger partial charge in [-0.15, -0.1) is 0 Å². The zero-order valence-electron chi connectivity index (χ0n) is 19.2. The second-order valence-electron chi connectivity index (χ2n) is 8.94. The number of nitrogens with one attached hydrogen (secondary N) is 1. The van der Waals surface area contributed by atoms with E-state index in [2.05, 4.69) is 27.6 Å². The van der Waals surface area contributed by atoms with Crippen LogP contribution in [0.2, 0.25) is 5.02 Å². The van der Waals surface area contributed by atoms with Gasteiger partial charge in [0, 0.05) is 51.1 Å². The molecule has 3 aromatic heterocycles. The van der Waals surface area contributed by atoms with Gasteiger partial charge in [0.15, 0.2) is 11.6 Å². The molecule has 1 aliphatic carbocycles. The summed E-state index contributed by atoms with van der Waals surface area (Å²) in [4.78, 5) is 7.92. The summed E-state index contributed by atoms with van der Waals surface area (Å²) in [5, 5.41) is 6.19. The van der Waals surface area contributed by atoms with Crippen molar-refractivity contribution >= 4 is 22.6 Å². The van der Waals surface area contributed by atoms with Gasteiger partial charge in [0.1, 0.15) is 5.65 Å². The Morgan fingerprint density at radius 3 is 2.76 bits per heavy atom. The lowest BCUT2D eigenvalue weighted by atomic mass is 9.91. The first-order chi connectivity index (χ1) is 16.0. The number of rotatable bonds is 5. The fraction of sp³-hybridized carbons (Fsp3) is 0.385. The normalized spacial score (nSPS) is 15.8. The molecule has 7 heteroatoms. The largest absolute Gasteiger partial charge is 0.493 e. The smallest absolute Gasteiger partial charge is 0.165 e. The molecule has 0 spiro atoms. The number of methoxy groups -OCH3 is 1. The summed E-state index contributed by atoms with van der Waals surface area (Å²) >= 11 is 6.48. The lowest BCUT2D eigenvalue weighted by Gasteiger charge is -2.23. The molecule has 0 aliphatic heterocycles. The molecule has 1 atom stereocenters. The maximum Gasteiger partial charge on any atom is 0.165 e. The molecule has 5 rings (SSSR count). The molecule has 172 valence electrons. The molecule has 1 unspecified atom stereocenters. The van der Waals surface area contributed by atoms with E-state index in [4.69, 9.17) is 21.4 Å². The van der Waals surface area contributed by atoms with E-state index in [1.54, 1.807) is 6.07 Å². The summed E-state index contributed by atoms with van der Waals surface area (Å²) < 4.78 is 22.0. The fourth-order valence-electron chi connectivity index (χ4n) is 5.25. The zero-order chi connectivity index (χ0) is 23.1. The zero-order valence-corrected chi connectivity index (χ0v) is 19.9. The summed E-state index contributed by atoms with van der Waals surface area (Å²) in [5.41, 5.74) is 5.69. The number of halogens is 2. The number of hydrogen-bond acceptors (Lipinski definition) is 3. The molecule has 0 saturated heterocycles. The standard InChI is InChI=1S/C26H28ClFN4O/c1-15(24-22(27)9-10-23(28)25(24)33-3)20-13-30-26-19(20)11-17(12-29-26)21-14-31-32(16(21)2)18-7-5-4-6-8-18/h9-15,18H,4-8H2,1-3H3,(H,29,30). The summed E-state index contributed by atoms with van der Waals surface area (Å²) in [5.74, 6) is -0.439. The van der Waals surface area contributed by atoms with E-state index in [1.165, 1.54) is 51.0 Å². The average molecular weight is 467 g/mol. The van der Waals surface area contributed by atoms with Crippen LogP contribution in [0.5, 0.6) is 5.75 Å². The average Bonchev–Trinajstić information content (AvgIpc) is 3.43. The molecule has 0 amide bonds. The third-order valence-electron chi connectivity index (χ3n) is 7.04. The number of hydrogen-bond donors (Lipinski definition) is 1. The van der Waals surface area contributed by atoms with Crippen molar-refractivity contribution < 1.29 is 9.13 Å². The number of pyridine rings is 1. The van der Waals surface area contributed by atoms with Gasteiger partial charge in [-0.1, -0.05) is 37.8 Å². The van der Waals surface area contributed by atoms with Crippen LogP contribution >= 0.6 is 11.6 Å². The van der Waals surface area contributed by atoms with Gasteiger partial charge in [0.05, 0.1) is 19.3 Å². The number of aromatic nitrogens is 4. The van der Waals surface area contributed by atoms with Gasteiger partial charge in [-0.25, -0.2) is 9.37 Å². The molecule has 3 heterocycles. The predicted octanol–water partition coefficient (Wildman–Crippen LogP) is 7.19. The minimum atomic E-state index is -0.423. The van der Waals surface area contributed by atoms with Crippen molar-refractivity contribution in [2.75, 3.05) is 7.11 Å². The van der Waals surface area contributed by atoms with Gasteiger partial charge in [0.2, 0.25) is 0 Å². The van der Waals surface area contributed by atoms with Crippen molar-refractivity contribution in [3.8, 4) is 16.9 Å². The van der Waals surface area contributed by atoms with Crippen LogP contribution in [0.25, 0.3) is 22.2 Å². The molecule has 33 heavy (non-hydrogen) atoms. The van der Waals surface area contributed by atoms with Crippen molar-refractivity contribution in [2.45, 2.75) is 57.9 Å². The summed E-state index contributed by atoms with van der Waals surface area (Å²) in [7, 11) is 1.46. The van der Waals surface area contributed by atoms with E-state index < -0.39 is 5.82 Å². The lowest BCUT2D eigenvalue weighted by molar-refractivity contribution is 0.325. The van der Waals surface area contributed by atoms with Gasteiger partial charge in [0.25, 0.3) is 0 Å². The molecule has 0 bridgehead atoms. The van der Waals surface area contributed by atoms with E-state index in [0.29, 0.717) is 16.6 Å². The quantitative estimate of drug-likeness (QED) is 0.338. The van der Waals surface area contributed by atoms with Crippen LogP contribution in [0.15, 0.2) is 36.8 Å². The molecule has 1 fully saturated rings. The van der Waals surface area contributed by atoms with Crippen LogP contribution in [0.3, 0.4) is 0 Å². The molecule has 1 aromatic carbocycles. The number of ether oxygens (including phenoxy) is 1. The van der Waals surface area contributed by atoms with Gasteiger partial charge in [-0.3, -0.25) is 4.68 Å². The third-order valence-corrected chi connectivity index (χ3v) is 7.37. The first-order valence-corrected chi connectivity index (χ1v) is 11.9. The minimum absolute atomic E-state index is 0.179. The molecule has 0 radical (unpaired) electrons. The van der Waals surface area contributed by atoms with E-state index in [-0.39, 0.29) is 11.7 Å². The number of fused-ring (bicyclic) bond motifs is 1. The van der Waals surface area contributed by atoms with Gasteiger partial charge < -0.3 is 9.72 Å².